The molecular formula is C17H17BrN4O6. The molecular weight excluding hydrogens is 436 g/mol. The third-order valence-corrected chi connectivity index (χ3v) is 4.46. The summed E-state index contributed by atoms with van der Waals surface area (Å²) < 4.78 is 0.900. The maximum absolute atomic E-state index is 11.5. The number of aliphatic carboxylic acids is 2. The van der Waals surface area contributed by atoms with Gasteiger partial charge in [-0.25, -0.2) is 14.4 Å². The summed E-state index contributed by atoms with van der Waals surface area (Å²) in [6, 6.07) is 5.48. The molecule has 10 nitrogen and oxygen atoms in total. The lowest BCUT2D eigenvalue weighted by molar-refractivity contribution is -0.134. The van der Waals surface area contributed by atoms with E-state index >= 15 is 0 Å². The second kappa shape index (κ2) is 8.57. The summed E-state index contributed by atoms with van der Waals surface area (Å²) in [7, 11) is 1.82. The minimum Gasteiger partial charge on any atom is -0.478 e. The van der Waals surface area contributed by atoms with Crippen LogP contribution in [0, 0.1) is 0 Å². The first-order valence-corrected chi connectivity index (χ1v) is 8.62. The summed E-state index contributed by atoms with van der Waals surface area (Å²) in [5.74, 6) is -3.07. The van der Waals surface area contributed by atoms with Gasteiger partial charge < -0.3 is 30.9 Å². The van der Waals surface area contributed by atoms with Crippen LogP contribution < -0.4 is 5.73 Å². The number of carboxylic acid groups (broad SMARTS) is 3. The molecule has 0 fully saturated rings. The number of aromatic nitrogens is 1. The van der Waals surface area contributed by atoms with Gasteiger partial charge in [0.05, 0.1) is 12.6 Å². The number of carbonyl (C=O) groups is 3. The molecule has 11 heteroatoms. The van der Waals surface area contributed by atoms with Crippen LogP contribution in [0.15, 0.2) is 39.8 Å². The van der Waals surface area contributed by atoms with Gasteiger partial charge >= 0.3 is 17.9 Å². The zero-order chi connectivity index (χ0) is 21.0. The fraction of sp³-hybridized carbons (Fsp3) is 0.176. The number of fused-ring (bicyclic) bond motifs is 1. The number of carboxylic acids is 3. The first-order chi connectivity index (χ1) is 13.1. The molecule has 0 saturated carbocycles. The molecule has 0 spiro atoms. The van der Waals surface area contributed by atoms with E-state index in [1.165, 1.54) is 0 Å². The predicted octanol–water partition coefficient (Wildman–Crippen LogP) is 1.64. The van der Waals surface area contributed by atoms with Gasteiger partial charge in [0, 0.05) is 40.1 Å². The van der Waals surface area contributed by atoms with Crippen molar-refractivity contribution < 1.29 is 29.7 Å². The lowest BCUT2D eigenvalue weighted by Gasteiger charge is -2.21. The van der Waals surface area contributed by atoms with Crippen LogP contribution in [0.4, 0.5) is 0 Å². The molecule has 0 amide bonds. The number of nitrogens with one attached hydrogen (secondary N) is 1. The van der Waals surface area contributed by atoms with Crippen LogP contribution in [-0.2, 0) is 9.59 Å². The van der Waals surface area contributed by atoms with E-state index in [-0.39, 0.29) is 11.7 Å². The highest BCUT2D eigenvalue weighted by atomic mass is 79.9. The molecule has 1 aromatic heterocycles. The van der Waals surface area contributed by atoms with Crippen LogP contribution >= 0.6 is 15.9 Å². The predicted molar refractivity (Wildman–Crippen MR) is 104 cm³/mol. The van der Waals surface area contributed by atoms with Crippen molar-refractivity contribution in [2.45, 2.75) is 6.04 Å². The zero-order valence-electron chi connectivity index (χ0n) is 14.6. The smallest absolute Gasteiger partial charge is 0.352 e. The van der Waals surface area contributed by atoms with Gasteiger partial charge in [-0.1, -0.05) is 15.9 Å². The Kier molecular flexibility index (Phi) is 6.41. The summed E-state index contributed by atoms with van der Waals surface area (Å²) in [5, 5.41) is 25.9. The van der Waals surface area contributed by atoms with Gasteiger partial charge in [0.25, 0.3) is 0 Å². The highest BCUT2D eigenvalue weighted by Gasteiger charge is 2.31. The van der Waals surface area contributed by atoms with E-state index in [0.29, 0.717) is 24.7 Å². The Morgan fingerprint density at radius 3 is 2.32 bits per heavy atom. The molecule has 1 atom stereocenters. The number of hydrogen-bond donors (Lipinski definition) is 5. The van der Waals surface area contributed by atoms with Gasteiger partial charge in [-0.05, 0) is 18.2 Å². The van der Waals surface area contributed by atoms with Gasteiger partial charge in [0.15, 0.2) is 5.96 Å². The highest BCUT2D eigenvalue weighted by Crippen LogP contribution is 2.34. The number of benzene rings is 1. The van der Waals surface area contributed by atoms with E-state index < -0.39 is 17.9 Å². The molecule has 1 aliphatic heterocycles. The normalized spacial score (nSPS) is 16.0. The van der Waals surface area contributed by atoms with Crippen LogP contribution in [0.25, 0.3) is 10.9 Å². The monoisotopic (exact) mass is 452 g/mol. The van der Waals surface area contributed by atoms with E-state index in [1.807, 2.05) is 25.2 Å². The van der Waals surface area contributed by atoms with Crippen molar-refractivity contribution >= 4 is 50.7 Å². The van der Waals surface area contributed by atoms with Crippen molar-refractivity contribution in [1.29, 1.82) is 0 Å². The average molecular weight is 453 g/mol. The first-order valence-electron chi connectivity index (χ1n) is 7.83. The van der Waals surface area contributed by atoms with Crippen molar-refractivity contribution in [2.75, 3.05) is 13.6 Å². The van der Waals surface area contributed by atoms with Gasteiger partial charge in [-0.15, -0.1) is 0 Å². The third kappa shape index (κ3) is 4.68. The fourth-order valence-electron chi connectivity index (χ4n) is 2.70. The Balaban J connectivity index is 0.000000300. The molecule has 2 heterocycles. The number of hydrogen-bond acceptors (Lipinski definition) is 6. The van der Waals surface area contributed by atoms with E-state index in [2.05, 4.69) is 25.9 Å². The van der Waals surface area contributed by atoms with E-state index in [1.54, 1.807) is 4.90 Å². The number of guanidine groups is 1. The summed E-state index contributed by atoms with van der Waals surface area (Å²) in [6.07, 6.45) is 1.12. The highest BCUT2D eigenvalue weighted by molar-refractivity contribution is 9.10. The lowest BCUT2D eigenvalue weighted by Crippen LogP contribution is -2.32. The van der Waals surface area contributed by atoms with Crippen LogP contribution in [0.2, 0.25) is 0 Å². The number of aromatic amines is 1. The molecule has 0 bridgehead atoms. The minimum absolute atomic E-state index is 0.163. The van der Waals surface area contributed by atoms with Crippen molar-refractivity contribution in [3.63, 3.8) is 0 Å². The maximum Gasteiger partial charge on any atom is 0.352 e. The number of H-pyrrole nitrogens is 1. The number of likely N-dealkylation sites (N-methyl/N-ethyl adjacent to an activating group) is 1. The van der Waals surface area contributed by atoms with Crippen LogP contribution in [0.5, 0.6) is 0 Å². The molecule has 0 saturated heterocycles. The van der Waals surface area contributed by atoms with Gasteiger partial charge in [0.1, 0.15) is 5.69 Å². The Hall–Kier alpha value is -3.34. The van der Waals surface area contributed by atoms with Gasteiger partial charge in [-0.2, -0.15) is 0 Å². The SMILES string of the molecule is CN1C(N)=NCC1c1c(C(=O)O)[nH]c2ccc(Br)cc12.O=C(O)/C=C/C(=O)O. The van der Waals surface area contributed by atoms with Gasteiger partial charge in [0.2, 0.25) is 0 Å². The number of nitrogens with zero attached hydrogens (tertiary/aromatic N) is 2. The minimum atomic E-state index is -1.26. The summed E-state index contributed by atoms with van der Waals surface area (Å²) in [5.41, 5.74) is 7.49. The fourth-order valence-corrected chi connectivity index (χ4v) is 3.06. The molecule has 3 rings (SSSR count). The third-order valence-electron chi connectivity index (χ3n) is 3.97. The van der Waals surface area contributed by atoms with Crippen molar-refractivity contribution in [2.24, 2.45) is 10.7 Å². The lowest BCUT2D eigenvalue weighted by atomic mass is 10.0. The second-order valence-corrected chi connectivity index (χ2v) is 6.66. The zero-order valence-corrected chi connectivity index (χ0v) is 16.2. The molecule has 28 heavy (non-hydrogen) atoms. The number of nitrogens with two attached hydrogens (primary N) is 1. The first kappa shape index (κ1) is 21.0. The van der Waals surface area contributed by atoms with Crippen molar-refractivity contribution in [3.8, 4) is 0 Å². The van der Waals surface area contributed by atoms with Crippen LogP contribution in [-0.4, -0.2) is 62.7 Å². The standard InChI is InChI=1S/C13H13BrN4O2.C4H4O4/c1-18-9(5-16-13(18)15)10-7-4-6(14)2-3-8(7)17-11(10)12(19)20;5-3(6)1-2-4(7)8/h2-4,9,17H,5H2,1H3,(H2,15,16)(H,19,20);1-2H,(H,5,6)(H,7,8)/b;2-1+. The van der Waals surface area contributed by atoms with Crippen LogP contribution in [0.1, 0.15) is 22.1 Å². The van der Waals surface area contributed by atoms with E-state index in [4.69, 9.17) is 15.9 Å². The second-order valence-electron chi connectivity index (χ2n) is 5.74. The number of aliphatic imine (C=N–C) groups is 1. The van der Waals surface area contributed by atoms with Crippen molar-refractivity contribution in [1.82, 2.24) is 9.88 Å². The molecule has 1 unspecified atom stereocenters. The topological polar surface area (TPSA) is 169 Å². The number of rotatable bonds is 4. The Labute approximate surface area is 167 Å². The van der Waals surface area contributed by atoms with Crippen molar-refractivity contribution in [3.05, 3.63) is 46.1 Å². The van der Waals surface area contributed by atoms with Crippen LogP contribution in [0.3, 0.4) is 0 Å². The van der Waals surface area contributed by atoms with E-state index in [0.717, 1.165) is 20.9 Å². The Morgan fingerprint density at radius 2 is 1.86 bits per heavy atom. The molecule has 2 aromatic rings. The summed E-state index contributed by atoms with van der Waals surface area (Å²) in [6.45, 7) is 0.460. The Bertz CT molecular complexity index is 981. The molecule has 1 aliphatic rings. The average Bonchev–Trinajstić information content (AvgIpc) is 3.14. The maximum atomic E-state index is 11.5. The Morgan fingerprint density at radius 1 is 1.25 bits per heavy atom. The number of halogens is 1. The molecule has 1 aromatic carbocycles. The number of aromatic carboxylic acids is 1. The largest absolute Gasteiger partial charge is 0.478 e. The molecule has 6 N–H and O–H groups in total. The molecule has 0 aliphatic carbocycles. The summed E-state index contributed by atoms with van der Waals surface area (Å²) >= 11 is 3.42. The quantitative estimate of drug-likeness (QED) is 0.435. The van der Waals surface area contributed by atoms with Gasteiger partial charge in [-0.3, -0.25) is 4.99 Å². The molecule has 148 valence electrons. The summed E-state index contributed by atoms with van der Waals surface area (Å²) in [4.78, 5) is 39.6. The molecule has 0 radical (unpaired) electrons. The van der Waals surface area contributed by atoms with E-state index in [9.17, 15) is 19.5 Å².